The highest BCUT2D eigenvalue weighted by Crippen LogP contribution is 2.56. The molecule has 1 aliphatic rings. The molecule has 0 aliphatic heterocycles. The number of aliphatic hydroxyl groups is 3. The van der Waals surface area contributed by atoms with Crippen LogP contribution in [0.4, 0.5) is 0 Å². The minimum atomic E-state index is -1.48. The van der Waals surface area contributed by atoms with E-state index in [9.17, 15) is 10.2 Å². The van der Waals surface area contributed by atoms with E-state index in [1.165, 1.54) is 6.92 Å². The topological polar surface area (TPSA) is 60.7 Å². The molecule has 1 rings (SSSR count). The summed E-state index contributed by atoms with van der Waals surface area (Å²) >= 11 is 11.5. The van der Waals surface area contributed by atoms with Crippen molar-refractivity contribution in [2.45, 2.75) is 35.8 Å². The predicted octanol–water partition coefficient (Wildman–Crippen LogP) is 0.674. The Hall–Kier alpha value is 0.460. The maximum absolute atomic E-state index is 9.72. The Bertz CT molecular complexity index is 196. The largest absolute Gasteiger partial charge is 0.393 e. The summed E-state index contributed by atoms with van der Waals surface area (Å²) in [5.74, 6) is -0.0393. The van der Waals surface area contributed by atoms with Gasteiger partial charge in [0.05, 0.1) is 12.7 Å². The van der Waals surface area contributed by atoms with E-state index in [0.29, 0.717) is 6.42 Å². The summed E-state index contributed by atoms with van der Waals surface area (Å²) in [6.45, 7) is 0.952. The fourth-order valence-corrected chi connectivity index (χ4v) is 1.81. The molecule has 0 radical (unpaired) electrons. The average molecular weight is 229 g/mol. The van der Waals surface area contributed by atoms with Crippen molar-refractivity contribution < 1.29 is 15.3 Å². The van der Waals surface area contributed by atoms with E-state index in [0.717, 1.165) is 0 Å². The lowest BCUT2D eigenvalue weighted by molar-refractivity contribution is -0.105. The van der Waals surface area contributed by atoms with E-state index in [1.807, 2.05) is 0 Å². The number of halogens is 2. The van der Waals surface area contributed by atoms with Crippen LogP contribution in [0.3, 0.4) is 0 Å². The molecule has 1 fully saturated rings. The second kappa shape index (κ2) is 3.55. The SMILES string of the molecule is CC(O)C(O)(CO)CC1CC1(Cl)Cl. The summed E-state index contributed by atoms with van der Waals surface area (Å²) in [6.07, 6.45) is -0.151. The third-order valence-electron chi connectivity index (χ3n) is 2.61. The van der Waals surface area contributed by atoms with Crippen molar-refractivity contribution in [3.05, 3.63) is 0 Å². The summed E-state index contributed by atoms with van der Waals surface area (Å²) in [5, 5.41) is 27.9. The molecule has 1 saturated carbocycles. The van der Waals surface area contributed by atoms with Gasteiger partial charge in [-0.1, -0.05) is 0 Å². The molecule has 5 heteroatoms. The molecule has 0 saturated heterocycles. The molecule has 0 aromatic rings. The summed E-state index contributed by atoms with van der Waals surface area (Å²) in [4.78, 5) is 0. The zero-order valence-electron chi connectivity index (χ0n) is 7.37. The van der Waals surface area contributed by atoms with Gasteiger partial charge in [0.2, 0.25) is 0 Å². The first-order chi connectivity index (χ1) is 5.82. The average Bonchev–Trinajstić information content (AvgIpc) is 2.58. The van der Waals surface area contributed by atoms with Crippen LogP contribution in [0.25, 0.3) is 0 Å². The van der Waals surface area contributed by atoms with Crippen LogP contribution in [0.1, 0.15) is 19.8 Å². The number of hydrogen-bond donors (Lipinski definition) is 3. The normalized spacial score (nSPS) is 32.3. The van der Waals surface area contributed by atoms with Crippen LogP contribution >= 0.6 is 23.2 Å². The highest BCUT2D eigenvalue weighted by Gasteiger charge is 2.55. The van der Waals surface area contributed by atoms with Crippen molar-refractivity contribution in [2.24, 2.45) is 5.92 Å². The molecule has 0 heterocycles. The molecule has 0 aromatic heterocycles. The summed E-state index contributed by atoms with van der Waals surface area (Å²) in [7, 11) is 0. The standard InChI is InChI=1S/C8H14Cl2O3/c1-5(12)7(13,4-11)2-6-3-8(6,9)10/h5-6,11-13H,2-4H2,1H3. The number of alkyl halides is 2. The minimum absolute atomic E-state index is 0.0393. The first-order valence-corrected chi connectivity index (χ1v) is 4.96. The van der Waals surface area contributed by atoms with Crippen molar-refractivity contribution in [2.75, 3.05) is 6.61 Å². The van der Waals surface area contributed by atoms with Gasteiger partial charge in [0.1, 0.15) is 9.93 Å². The Kier molecular flexibility index (Phi) is 3.15. The van der Waals surface area contributed by atoms with Gasteiger partial charge in [-0.2, -0.15) is 0 Å². The molecule has 0 spiro atoms. The Balaban J connectivity index is 2.51. The molecule has 13 heavy (non-hydrogen) atoms. The van der Waals surface area contributed by atoms with Gasteiger partial charge in [0.25, 0.3) is 0 Å². The van der Waals surface area contributed by atoms with E-state index in [1.54, 1.807) is 0 Å². The van der Waals surface area contributed by atoms with Gasteiger partial charge in [-0.3, -0.25) is 0 Å². The number of aliphatic hydroxyl groups excluding tert-OH is 2. The Morgan fingerprint density at radius 3 is 2.31 bits per heavy atom. The minimum Gasteiger partial charge on any atom is -0.393 e. The maximum atomic E-state index is 9.72. The van der Waals surface area contributed by atoms with Gasteiger partial charge >= 0.3 is 0 Å². The zero-order valence-corrected chi connectivity index (χ0v) is 8.89. The van der Waals surface area contributed by atoms with Crippen molar-refractivity contribution in [3.8, 4) is 0 Å². The fourth-order valence-electron chi connectivity index (χ4n) is 1.28. The van der Waals surface area contributed by atoms with E-state index in [-0.39, 0.29) is 12.3 Å². The molecule has 3 nitrogen and oxygen atoms in total. The van der Waals surface area contributed by atoms with Crippen molar-refractivity contribution in [1.82, 2.24) is 0 Å². The lowest BCUT2D eigenvalue weighted by Crippen LogP contribution is -2.44. The first-order valence-electron chi connectivity index (χ1n) is 4.21. The molecule has 0 bridgehead atoms. The lowest BCUT2D eigenvalue weighted by Gasteiger charge is -2.29. The molecular formula is C8H14Cl2O3. The van der Waals surface area contributed by atoms with Crippen LogP contribution in [-0.2, 0) is 0 Å². The monoisotopic (exact) mass is 228 g/mol. The van der Waals surface area contributed by atoms with E-state index in [2.05, 4.69) is 0 Å². The van der Waals surface area contributed by atoms with E-state index in [4.69, 9.17) is 28.3 Å². The van der Waals surface area contributed by atoms with Crippen molar-refractivity contribution >= 4 is 23.2 Å². The molecule has 3 atom stereocenters. The van der Waals surface area contributed by atoms with Gasteiger partial charge in [0.15, 0.2) is 0 Å². The van der Waals surface area contributed by atoms with Crippen LogP contribution in [0.15, 0.2) is 0 Å². The van der Waals surface area contributed by atoms with Crippen LogP contribution < -0.4 is 0 Å². The summed E-state index contributed by atoms with van der Waals surface area (Å²) < 4.78 is -0.780. The molecular weight excluding hydrogens is 215 g/mol. The quantitative estimate of drug-likeness (QED) is 0.621. The summed E-state index contributed by atoms with van der Waals surface area (Å²) in [6, 6.07) is 0. The third kappa shape index (κ3) is 2.48. The maximum Gasteiger partial charge on any atom is 0.121 e. The molecule has 1 aliphatic carbocycles. The fraction of sp³-hybridized carbons (Fsp3) is 1.00. The third-order valence-corrected chi connectivity index (χ3v) is 3.53. The molecule has 3 unspecified atom stereocenters. The van der Waals surface area contributed by atoms with Gasteiger partial charge in [-0.25, -0.2) is 0 Å². The second-order valence-corrected chi connectivity index (χ2v) is 5.35. The zero-order chi connectivity index (χ0) is 10.3. The van der Waals surface area contributed by atoms with Crippen LogP contribution in [0.2, 0.25) is 0 Å². The highest BCUT2D eigenvalue weighted by molar-refractivity contribution is 6.50. The Labute approximate surface area is 87.3 Å². The van der Waals surface area contributed by atoms with Gasteiger partial charge in [-0.05, 0) is 25.7 Å². The summed E-state index contributed by atoms with van der Waals surface area (Å²) in [5.41, 5.74) is -1.48. The predicted molar refractivity (Wildman–Crippen MR) is 50.9 cm³/mol. The lowest BCUT2D eigenvalue weighted by atomic mass is 9.92. The Morgan fingerprint density at radius 2 is 2.08 bits per heavy atom. The molecule has 3 N–H and O–H groups in total. The number of rotatable bonds is 4. The van der Waals surface area contributed by atoms with Gasteiger partial charge < -0.3 is 15.3 Å². The van der Waals surface area contributed by atoms with Gasteiger partial charge in [-0.15, -0.1) is 23.2 Å². The Morgan fingerprint density at radius 1 is 1.62 bits per heavy atom. The molecule has 78 valence electrons. The van der Waals surface area contributed by atoms with E-state index < -0.39 is 22.6 Å². The van der Waals surface area contributed by atoms with Gasteiger partial charge in [0, 0.05) is 0 Å². The van der Waals surface area contributed by atoms with Crippen LogP contribution in [0, 0.1) is 5.92 Å². The smallest absolute Gasteiger partial charge is 0.121 e. The van der Waals surface area contributed by atoms with E-state index >= 15 is 0 Å². The van der Waals surface area contributed by atoms with Crippen LogP contribution in [-0.4, -0.2) is 38.0 Å². The first kappa shape index (κ1) is 11.5. The molecule has 0 amide bonds. The molecule has 0 aromatic carbocycles. The van der Waals surface area contributed by atoms with Crippen molar-refractivity contribution in [1.29, 1.82) is 0 Å². The van der Waals surface area contributed by atoms with Crippen molar-refractivity contribution in [3.63, 3.8) is 0 Å². The number of hydrogen-bond acceptors (Lipinski definition) is 3. The van der Waals surface area contributed by atoms with Crippen LogP contribution in [0.5, 0.6) is 0 Å². The highest BCUT2D eigenvalue weighted by atomic mass is 35.5. The second-order valence-electron chi connectivity index (χ2n) is 3.80.